The minimum Gasteiger partial charge on any atom is -0.258 e. The van der Waals surface area contributed by atoms with E-state index >= 15 is 0 Å². The Hall–Kier alpha value is -1.77. The van der Waals surface area contributed by atoms with Gasteiger partial charge in [0, 0.05) is 23.6 Å². The summed E-state index contributed by atoms with van der Waals surface area (Å²) in [6.07, 6.45) is 1.56. The van der Waals surface area contributed by atoms with Gasteiger partial charge in [0.05, 0.1) is 15.9 Å². The van der Waals surface area contributed by atoms with Crippen LogP contribution in [-0.2, 0) is 10.0 Å². The molecule has 0 aliphatic carbocycles. The summed E-state index contributed by atoms with van der Waals surface area (Å²) >= 11 is 1.53. The van der Waals surface area contributed by atoms with Gasteiger partial charge in [0.25, 0.3) is 5.69 Å². The van der Waals surface area contributed by atoms with Gasteiger partial charge in [-0.1, -0.05) is 12.1 Å². The minimum absolute atomic E-state index is 0.0230. The van der Waals surface area contributed by atoms with Crippen LogP contribution in [0.4, 0.5) is 5.69 Å². The molecule has 0 N–H and O–H groups in total. The number of non-ortho nitro benzene ring substituents is 1. The number of nitrogens with zero attached hydrogens (tertiary/aromatic N) is 2. The zero-order chi connectivity index (χ0) is 15.7. The molecule has 1 aliphatic rings. The van der Waals surface area contributed by atoms with E-state index < -0.39 is 14.9 Å². The van der Waals surface area contributed by atoms with Crippen LogP contribution in [0.1, 0.15) is 23.8 Å². The number of sulfonamides is 1. The molecular weight excluding hydrogens is 324 g/mol. The second-order valence-corrected chi connectivity index (χ2v) is 7.91. The molecule has 1 aromatic carbocycles. The average molecular weight is 338 g/mol. The van der Waals surface area contributed by atoms with Gasteiger partial charge in [0.1, 0.15) is 0 Å². The van der Waals surface area contributed by atoms with Gasteiger partial charge < -0.3 is 0 Å². The first-order valence-corrected chi connectivity index (χ1v) is 9.12. The normalized spacial score (nSPS) is 19.4. The van der Waals surface area contributed by atoms with Crippen LogP contribution in [0, 0.1) is 10.1 Å². The van der Waals surface area contributed by atoms with Gasteiger partial charge in [-0.2, -0.15) is 4.31 Å². The molecule has 8 heteroatoms. The Labute approximate surface area is 132 Å². The molecule has 2 heterocycles. The van der Waals surface area contributed by atoms with Crippen LogP contribution in [0.15, 0.2) is 46.7 Å². The van der Waals surface area contributed by atoms with Gasteiger partial charge in [-0.05, 0) is 30.4 Å². The number of hydrogen-bond acceptors (Lipinski definition) is 5. The molecule has 0 spiro atoms. The molecule has 1 atom stereocenters. The van der Waals surface area contributed by atoms with Crippen LogP contribution in [0.2, 0.25) is 0 Å². The Balaban J connectivity index is 1.99. The Morgan fingerprint density at radius 2 is 2.09 bits per heavy atom. The highest BCUT2D eigenvalue weighted by Crippen LogP contribution is 2.38. The summed E-state index contributed by atoms with van der Waals surface area (Å²) in [5, 5.41) is 12.8. The molecule has 0 saturated carbocycles. The zero-order valence-electron chi connectivity index (χ0n) is 11.6. The molecule has 0 radical (unpaired) electrons. The molecule has 1 aromatic heterocycles. The lowest BCUT2D eigenvalue weighted by molar-refractivity contribution is -0.385. The third-order valence-electron chi connectivity index (χ3n) is 3.71. The van der Waals surface area contributed by atoms with Crippen molar-refractivity contribution in [3.05, 3.63) is 56.8 Å². The second-order valence-electron chi connectivity index (χ2n) is 5.04. The first-order chi connectivity index (χ1) is 10.5. The molecule has 3 rings (SSSR count). The molecule has 0 unspecified atom stereocenters. The Bertz CT molecular complexity index is 787. The van der Waals surface area contributed by atoms with E-state index in [2.05, 4.69) is 0 Å². The molecule has 1 saturated heterocycles. The average Bonchev–Trinajstić information content (AvgIpc) is 3.18. The van der Waals surface area contributed by atoms with Gasteiger partial charge in [-0.3, -0.25) is 10.1 Å². The van der Waals surface area contributed by atoms with Gasteiger partial charge in [0.2, 0.25) is 10.0 Å². The number of benzene rings is 1. The molecule has 6 nitrogen and oxygen atoms in total. The number of hydrogen-bond donors (Lipinski definition) is 0. The van der Waals surface area contributed by atoms with Crippen LogP contribution >= 0.6 is 11.3 Å². The summed E-state index contributed by atoms with van der Waals surface area (Å²) in [6, 6.07) is 8.88. The molecule has 22 heavy (non-hydrogen) atoms. The maximum Gasteiger partial charge on any atom is 0.270 e. The van der Waals surface area contributed by atoms with Crippen molar-refractivity contribution >= 4 is 27.0 Å². The largest absolute Gasteiger partial charge is 0.270 e. The predicted molar refractivity (Wildman–Crippen MR) is 83.3 cm³/mol. The number of nitro groups is 1. The SMILES string of the molecule is O=[N+]([O-])c1cccc(S(=O)(=O)N2CCC[C@H]2c2cccs2)c1. The van der Waals surface area contributed by atoms with Crippen molar-refractivity contribution in [3.63, 3.8) is 0 Å². The van der Waals surface area contributed by atoms with E-state index in [-0.39, 0.29) is 16.6 Å². The first kappa shape index (κ1) is 15.1. The van der Waals surface area contributed by atoms with Crippen molar-refractivity contribution in [2.45, 2.75) is 23.8 Å². The van der Waals surface area contributed by atoms with E-state index in [0.29, 0.717) is 6.54 Å². The summed E-state index contributed by atoms with van der Waals surface area (Å²) in [4.78, 5) is 11.3. The molecule has 1 fully saturated rings. The lowest BCUT2D eigenvalue weighted by Crippen LogP contribution is -2.30. The van der Waals surface area contributed by atoms with Crippen LogP contribution in [0.25, 0.3) is 0 Å². The number of nitro benzene ring substituents is 1. The Kier molecular flexibility index (Phi) is 3.98. The minimum atomic E-state index is -3.73. The van der Waals surface area contributed by atoms with Crippen molar-refractivity contribution in [1.29, 1.82) is 0 Å². The van der Waals surface area contributed by atoms with Crippen molar-refractivity contribution in [1.82, 2.24) is 4.31 Å². The molecule has 116 valence electrons. The van der Waals surface area contributed by atoms with Gasteiger partial charge >= 0.3 is 0 Å². The summed E-state index contributed by atoms with van der Waals surface area (Å²) < 4.78 is 27.1. The van der Waals surface area contributed by atoms with E-state index in [1.165, 1.54) is 33.8 Å². The maximum atomic E-state index is 12.8. The topological polar surface area (TPSA) is 80.5 Å². The summed E-state index contributed by atoms with van der Waals surface area (Å²) in [6.45, 7) is 0.438. The van der Waals surface area contributed by atoms with Crippen molar-refractivity contribution in [3.8, 4) is 0 Å². The molecule has 0 amide bonds. The number of thiophene rings is 1. The van der Waals surface area contributed by atoms with Crippen molar-refractivity contribution in [2.24, 2.45) is 0 Å². The van der Waals surface area contributed by atoms with Crippen LogP contribution < -0.4 is 0 Å². The van der Waals surface area contributed by atoms with Crippen LogP contribution in [0.5, 0.6) is 0 Å². The summed E-state index contributed by atoms with van der Waals surface area (Å²) in [7, 11) is -3.73. The van der Waals surface area contributed by atoms with Gasteiger partial charge in [-0.15, -0.1) is 11.3 Å². The van der Waals surface area contributed by atoms with E-state index in [4.69, 9.17) is 0 Å². The fourth-order valence-corrected chi connectivity index (χ4v) is 5.34. The zero-order valence-corrected chi connectivity index (χ0v) is 13.2. The van der Waals surface area contributed by atoms with Crippen LogP contribution in [-0.4, -0.2) is 24.2 Å². The summed E-state index contributed by atoms with van der Waals surface area (Å²) in [5.74, 6) is 0. The van der Waals surface area contributed by atoms with Crippen molar-refractivity contribution in [2.75, 3.05) is 6.54 Å². The highest BCUT2D eigenvalue weighted by Gasteiger charge is 2.37. The Morgan fingerprint density at radius 1 is 1.27 bits per heavy atom. The third kappa shape index (κ3) is 2.65. The highest BCUT2D eigenvalue weighted by molar-refractivity contribution is 7.89. The molecule has 0 bridgehead atoms. The molecule has 1 aliphatic heterocycles. The quantitative estimate of drug-likeness (QED) is 0.633. The van der Waals surface area contributed by atoms with Crippen molar-refractivity contribution < 1.29 is 13.3 Å². The fourth-order valence-electron chi connectivity index (χ4n) is 2.69. The predicted octanol–water partition coefficient (Wildman–Crippen LogP) is 3.18. The third-order valence-corrected chi connectivity index (χ3v) is 6.59. The van der Waals surface area contributed by atoms with Gasteiger partial charge in [-0.25, -0.2) is 8.42 Å². The fraction of sp³-hybridized carbons (Fsp3) is 0.286. The first-order valence-electron chi connectivity index (χ1n) is 6.80. The van der Waals surface area contributed by atoms with E-state index in [0.717, 1.165) is 23.8 Å². The number of rotatable bonds is 4. The van der Waals surface area contributed by atoms with E-state index in [1.807, 2.05) is 17.5 Å². The smallest absolute Gasteiger partial charge is 0.258 e. The van der Waals surface area contributed by atoms with Gasteiger partial charge in [0.15, 0.2) is 0 Å². The molecular formula is C14H14N2O4S2. The Morgan fingerprint density at radius 3 is 2.77 bits per heavy atom. The lowest BCUT2D eigenvalue weighted by atomic mass is 10.2. The molecule has 2 aromatic rings. The van der Waals surface area contributed by atoms with E-state index in [9.17, 15) is 18.5 Å². The standard InChI is InChI=1S/C14H14N2O4S2/c17-16(18)11-4-1-5-12(10-11)22(19,20)15-8-2-6-13(15)14-7-3-9-21-14/h1,3-5,7,9-10,13H,2,6,8H2/t13-/m0/s1. The van der Waals surface area contributed by atoms with Crippen LogP contribution in [0.3, 0.4) is 0 Å². The summed E-state index contributed by atoms with van der Waals surface area (Å²) in [5.41, 5.74) is -0.215. The van der Waals surface area contributed by atoms with E-state index in [1.54, 1.807) is 0 Å². The maximum absolute atomic E-state index is 12.8. The highest BCUT2D eigenvalue weighted by atomic mass is 32.2. The lowest BCUT2D eigenvalue weighted by Gasteiger charge is -2.23. The second kappa shape index (κ2) is 5.79. The monoisotopic (exact) mass is 338 g/mol.